The molecule has 16 heavy (non-hydrogen) atoms. The number of aryl methyl sites for hydroxylation is 2. The minimum atomic E-state index is 0.500. The van der Waals surface area contributed by atoms with Crippen molar-refractivity contribution in [3.8, 4) is 0 Å². The van der Waals surface area contributed by atoms with E-state index in [1.807, 2.05) is 16.9 Å². The predicted octanol–water partition coefficient (Wildman–Crippen LogP) is 2.01. The molecule has 0 aliphatic heterocycles. The summed E-state index contributed by atoms with van der Waals surface area (Å²) in [6, 6.07) is 8.46. The topological polar surface area (TPSA) is 43.8 Å². The van der Waals surface area contributed by atoms with Crippen molar-refractivity contribution in [2.24, 2.45) is 5.73 Å². The van der Waals surface area contributed by atoms with Crippen molar-refractivity contribution in [1.29, 1.82) is 0 Å². The highest BCUT2D eigenvalue weighted by Crippen LogP contribution is 2.11. The largest absolute Gasteiger partial charge is 0.325 e. The van der Waals surface area contributed by atoms with Crippen LogP contribution in [0.3, 0.4) is 0 Å². The molecule has 2 rings (SSSR count). The van der Waals surface area contributed by atoms with Crippen LogP contribution < -0.4 is 5.73 Å². The number of nitrogens with zero attached hydrogens (tertiary/aromatic N) is 2. The Hall–Kier alpha value is -1.61. The van der Waals surface area contributed by atoms with Crippen molar-refractivity contribution in [3.05, 3.63) is 52.8 Å². The van der Waals surface area contributed by atoms with E-state index in [1.54, 1.807) is 0 Å². The normalized spacial score (nSPS) is 10.7. The molecule has 0 spiro atoms. The molecule has 0 fully saturated rings. The van der Waals surface area contributed by atoms with Crippen LogP contribution in [0.2, 0.25) is 0 Å². The highest BCUT2D eigenvalue weighted by Gasteiger charge is 2.00. The quantitative estimate of drug-likeness (QED) is 0.851. The third kappa shape index (κ3) is 2.31. The lowest BCUT2D eigenvalue weighted by atomic mass is 10.1. The Morgan fingerprint density at radius 2 is 2.00 bits per heavy atom. The maximum atomic E-state index is 5.52. The summed E-state index contributed by atoms with van der Waals surface area (Å²) >= 11 is 0. The van der Waals surface area contributed by atoms with E-state index in [0.717, 1.165) is 12.2 Å². The summed E-state index contributed by atoms with van der Waals surface area (Å²) in [5, 5.41) is 4.37. The molecule has 1 aromatic carbocycles. The first-order valence-corrected chi connectivity index (χ1v) is 5.47. The molecule has 0 aliphatic carbocycles. The van der Waals surface area contributed by atoms with Crippen molar-refractivity contribution in [2.45, 2.75) is 26.9 Å². The molecule has 0 saturated carbocycles. The number of hydrogen-bond donors (Lipinski definition) is 1. The number of rotatable bonds is 3. The number of aromatic nitrogens is 2. The van der Waals surface area contributed by atoms with Crippen molar-refractivity contribution in [2.75, 3.05) is 0 Å². The van der Waals surface area contributed by atoms with Crippen LogP contribution in [0.15, 0.2) is 30.5 Å². The smallest absolute Gasteiger partial charge is 0.0760 e. The maximum absolute atomic E-state index is 5.52. The summed E-state index contributed by atoms with van der Waals surface area (Å²) in [7, 11) is 0. The molecule has 1 heterocycles. The first-order valence-electron chi connectivity index (χ1n) is 5.47. The first-order chi connectivity index (χ1) is 7.69. The van der Waals surface area contributed by atoms with Gasteiger partial charge in [0.15, 0.2) is 0 Å². The third-order valence-corrected chi connectivity index (χ3v) is 2.82. The second kappa shape index (κ2) is 4.49. The Morgan fingerprint density at radius 1 is 1.19 bits per heavy atom. The van der Waals surface area contributed by atoms with Gasteiger partial charge in [-0.1, -0.05) is 18.2 Å². The molecule has 0 unspecified atom stereocenters. The van der Waals surface area contributed by atoms with Crippen LogP contribution in [-0.4, -0.2) is 9.78 Å². The van der Waals surface area contributed by atoms with Gasteiger partial charge in [-0.2, -0.15) is 5.10 Å². The van der Waals surface area contributed by atoms with Gasteiger partial charge in [0.25, 0.3) is 0 Å². The summed E-state index contributed by atoms with van der Waals surface area (Å²) in [4.78, 5) is 0. The molecule has 0 saturated heterocycles. The van der Waals surface area contributed by atoms with E-state index in [-0.39, 0.29) is 0 Å². The van der Waals surface area contributed by atoms with Crippen molar-refractivity contribution in [3.63, 3.8) is 0 Å². The summed E-state index contributed by atoms with van der Waals surface area (Å²) in [6.45, 7) is 5.56. The number of nitrogens with two attached hydrogens (primary N) is 1. The van der Waals surface area contributed by atoms with Crippen LogP contribution in [0.5, 0.6) is 0 Å². The molecule has 0 atom stereocenters. The molecule has 0 amide bonds. The van der Waals surface area contributed by atoms with Gasteiger partial charge in [0.05, 0.1) is 12.2 Å². The zero-order chi connectivity index (χ0) is 11.5. The Bertz CT molecular complexity index is 486. The van der Waals surface area contributed by atoms with Crippen LogP contribution in [0.1, 0.15) is 22.4 Å². The summed E-state index contributed by atoms with van der Waals surface area (Å²) < 4.78 is 1.92. The van der Waals surface area contributed by atoms with E-state index in [4.69, 9.17) is 5.73 Å². The van der Waals surface area contributed by atoms with E-state index >= 15 is 0 Å². The highest BCUT2D eigenvalue weighted by molar-refractivity contribution is 5.30. The lowest BCUT2D eigenvalue weighted by Crippen LogP contribution is -2.03. The minimum absolute atomic E-state index is 0.500. The molecular formula is C13H17N3. The molecule has 0 aliphatic rings. The van der Waals surface area contributed by atoms with Crippen LogP contribution in [0.25, 0.3) is 0 Å². The van der Waals surface area contributed by atoms with E-state index in [1.165, 1.54) is 16.7 Å². The van der Waals surface area contributed by atoms with E-state index in [2.05, 4.69) is 37.1 Å². The van der Waals surface area contributed by atoms with Crippen LogP contribution >= 0.6 is 0 Å². The molecule has 3 heteroatoms. The van der Waals surface area contributed by atoms with Gasteiger partial charge in [-0.15, -0.1) is 0 Å². The predicted molar refractivity (Wildman–Crippen MR) is 65.1 cm³/mol. The Balaban J connectivity index is 2.17. The lowest BCUT2D eigenvalue weighted by molar-refractivity contribution is 0.671. The second-order valence-electron chi connectivity index (χ2n) is 4.13. The van der Waals surface area contributed by atoms with E-state index in [9.17, 15) is 0 Å². The van der Waals surface area contributed by atoms with Gasteiger partial charge in [0, 0.05) is 12.7 Å². The van der Waals surface area contributed by atoms with Crippen LogP contribution in [-0.2, 0) is 13.1 Å². The van der Waals surface area contributed by atoms with Crippen molar-refractivity contribution < 1.29 is 0 Å². The number of benzene rings is 1. The average molecular weight is 215 g/mol. The van der Waals surface area contributed by atoms with E-state index in [0.29, 0.717) is 6.54 Å². The summed E-state index contributed by atoms with van der Waals surface area (Å²) in [6.07, 6.45) is 1.97. The molecule has 1 aromatic heterocycles. The fourth-order valence-corrected chi connectivity index (χ4v) is 1.69. The van der Waals surface area contributed by atoms with Gasteiger partial charge in [-0.25, -0.2) is 0 Å². The van der Waals surface area contributed by atoms with Crippen molar-refractivity contribution >= 4 is 0 Å². The summed E-state index contributed by atoms with van der Waals surface area (Å²) in [5.74, 6) is 0. The Labute approximate surface area is 95.9 Å². The van der Waals surface area contributed by atoms with Gasteiger partial charge in [-0.05, 0) is 36.6 Å². The first kappa shape index (κ1) is 10.9. The lowest BCUT2D eigenvalue weighted by Gasteiger charge is -2.05. The zero-order valence-electron chi connectivity index (χ0n) is 9.77. The fourth-order valence-electron chi connectivity index (χ4n) is 1.69. The SMILES string of the molecule is Cc1ccc(Cn2ccc(CN)n2)cc1C. The van der Waals surface area contributed by atoms with Gasteiger partial charge < -0.3 is 5.73 Å². The van der Waals surface area contributed by atoms with Gasteiger partial charge in [-0.3, -0.25) is 4.68 Å². The standard InChI is InChI=1S/C13H17N3/c1-10-3-4-12(7-11(10)2)9-16-6-5-13(8-14)15-16/h3-7H,8-9,14H2,1-2H3. The molecule has 0 bridgehead atoms. The van der Waals surface area contributed by atoms with Crippen LogP contribution in [0.4, 0.5) is 0 Å². The fraction of sp³-hybridized carbons (Fsp3) is 0.308. The molecule has 0 radical (unpaired) electrons. The maximum Gasteiger partial charge on any atom is 0.0760 e. The molecule has 3 nitrogen and oxygen atoms in total. The van der Waals surface area contributed by atoms with Gasteiger partial charge >= 0.3 is 0 Å². The monoisotopic (exact) mass is 215 g/mol. The Morgan fingerprint density at radius 3 is 2.62 bits per heavy atom. The number of hydrogen-bond acceptors (Lipinski definition) is 2. The highest BCUT2D eigenvalue weighted by atomic mass is 15.3. The average Bonchev–Trinajstić information content (AvgIpc) is 2.71. The zero-order valence-corrected chi connectivity index (χ0v) is 9.77. The molecule has 2 N–H and O–H groups in total. The Kier molecular flexibility index (Phi) is 3.06. The van der Waals surface area contributed by atoms with Gasteiger partial charge in [0.1, 0.15) is 0 Å². The third-order valence-electron chi connectivity index (χ3n) is 2.82. The molecule has 2 aromatic rings. The summed E-state index contributed by atoms with van der Waals surface area (Å²) in [5.41, 5.74) is 10.4. The van der Waals surface area contributed by atoms with Crippen molar-refractivity contribution in [1.82, 2.24) is 9.78 Å². The molecular weight excluding hydrogens is 198 g/mol. The van der Waals surface area contributed by atoms with Gasteiger partial charge in [0.2, 0.25) is 0 Å². The second-order valence-corrected chi connectivity index (χ2v) is 4.13. The minimum Gasteiger partial charge on any atom is -0.325 e. The van der Waals surface area contributed by atoms with E-state index < -0.39 is 0 Å². The molecule has 84 valence electrons. The van der Waals surface area contributed by atoms with Crippen LogP contribution in [0, 0.1) is 13.8 Å².